The fraction of sp³-hybridized carbons (Fsp3) is 0.700. The van der Waals surface area contributed by atoms with Crippen molar-refractivity contribution in [2.24, 2.45) is 0 Å². The number of rotatable bonds is 4. The van der Waals surface area contributed by atoms with E-state index in [1.807, 2.05) is 0 Å². The van der Waals surface area contributed by atoms with Crippen molar-refractivity contribution in [3.05, 3.63) is 15.5 Å². The van der Waals surface area contributed by atoms with Gasteiger partial charge in [0, 0.05) is 33.7 Å². The van der Waals surface area contributed by atoms with Gasteiger partial charge in [-0.25, -0.2) is 4.98 Å². The molecule has 2 rings (SSSR count). The molecular weight excluding hydrogens is 264 g/mol. The molecule has 90 valence electrons. The van der Waals surface area contributed by atoms with Crippen LogP contribution < -0.4 is 5.32 Å². The van der Waals surface area contributed by atoms with Crippen molar-refractivity contribution in [2.75, 3.05) is 12.3 Å². The highest BCUT2D eigenvalue weighted by molar-refractivity contribution is 7.84. The summed E-state index contributed by atoms with van der Waals surface area (Å²) in [7, 11) is -0.806. The third kappa shape index (κ3) is 3.80. The van der Waals surface area contributed by atoms with Gasteiger partial charge in [-0.3, -0.25) is 4.21 Å². The van der Waals surface area contributed by atoms with Crippen LogP contribution in [0.5, 0.6) is 0 Å². The van der Waals surface area contributed by atoms with Gasteiger partial charge in [-0.1, -0.05) is 18.0 Å². The lowest BCUT2D eigenvalue weighted by molar-refractivity contribution is 0.427. The van der Waals surface area contributed by atoms with Crippen molar-refractivity contribution in [1.82, 2.24) is 10.3 Å². The molecule has 1 N–H and O–H groups in total. The van der Waals surface area contributed by atoms with Gasteiger partial charge in [-0.15, -0.1) is 11.3 Å². The summed E-state index contributed by atoms with van der Waals surface area (Å²) < 4.78 is 12.4. The number of hydrogen-bond donors (Lipinski definition) is 1. The standard InChI is InChI=1S/C10H15ClN2OS2/c11-10-13-5-9(15-10)7-16(14)6-8-3-1-2-4-12-8/h5,8,12H,1-4,6-7H2/t8-,16-/m0/s1. The highest BCUT2D eigenvalue weighted by atomic mass is 35.5. The van der Waals surface area contributed by atoms with Crippen LogP contribution in [0.2, 0.25) is 4.47 Å². The quantitative estimate of drug-likeness (QED) is 0.918. The third-order valence-electron chi connectivity index (χ3n) is 2.63. The molecule has 0 bridgehead atoms. The lowest BCUT2D eigenvalue weighted by atomic mass is 10.1. The zero-order chi connectivity index (χ0) is 11.4. The SMILES string of the molecule is O=[S@](Cc1cnc(Cl)s1)C[C@@H]1CCCCN1. The highest BCUT2D eigenvalue weighted by Gasteiger charge is 2.16. The van der Waals surface area contributed by atoms with Crippen LogP contribution in [0.3, 0.4) is 0 Å². The topological polar surface area (TPSA) is 42.0 Å². The van der Waals surface area contributed by atoms with Crippen LogP contribution in [0.25, 0.3) is 0 Å². The normalized spacial score (nSPS) is 23.2. The number of nitrogens with zero attached hydrogens (tertiary/aromatic N) is 1. The Morgan fingerprint density at radius 2 is 2.50 bits per heavy atom. The molecule has 1 aliphatic heterocycles. The molecule has 16 heavy (non-hydrogen) atoms. The fourth-order valence-electron chi connectivity index (χ4n) is 1.86. The molecule has 0 saturated carbocycles. The predicted molar refractivity (Wildman–Crippen MR) is 69.5 cm³/mol. The average Bonchev–Trinajstić information content (AvgIpc) is 2.65. The number of hydrogen-bond acceptors (Lipinski definition) is 4. The van der Waals surface area contributed by atoms with Gasteiger partial charge in [0.05, 0.1) is 5.75 Å². The molecule has 0 aliphatic carbocycles. The molecule has 0 spiro atoms. The molecular formula is C10H15ClN2OS2. The van der Waals surface area contributed by atoms with Gasteiger partial charge in [0.25, 0.3) is 0 Å². The van der Waals surface area contributed by atoms with E-state index >= 15 is 0 Å². The van der Waals surface area contributed by atoms with Crippen LogP contribution >= 0.6 is 22.9 Å². The summed E-state index contributed by atoms with van der Waals surface area (Å²) in [6, 6.07) is 0.429. The number of aromatic nitrogens is 1. The van der Waals surface area contributed by atoms with E-state index in [4.69, 9.17) is 11.6 Å². The molecule has 2 heterocycles. The number of piperidine rings is 1. The zero-order valence-electron chi connectivity index (χ0n) is 8.95. The van der Waals surface area contributed by atoms with E-state index in [1.165, 1.54) is 24.2 Å². The zero-order valence-corrected chi connectivity index (χ0v) is 11.3. The molecule has 0 unspecified atom stereocenters. The van der Waals surface area contributed by atoms with Crippen LogP contribution in [-0.2, 0) is 16.6 Å². The van der Waals surface area contributed by atoms with Gasteiger partial charge in [-0.2, -0.15) is 0 Å². The summed E-state index contributed by atoms with van der Waals surface area (Å²) in [5.41, 5.74) is 0. The van der Waals surface area contributed by atoms with Crippen LogP contribution in [0.4, 0.5) is 0 Å². The molecule has 1 aromatic heterocycles. The van der Waals surface area contributed by atoms with Gasteiger partial charge in [0.2, 0.25) is 0 Å². The number of nitrogens with one attached hydrogen (secondary N) is 1. The van der Waals surface area contributed by atoms with Gasteiger partial charge in [0.1, 0.15) is 0 Å². The first kappa shape index (κ1) is 12.5. The van der Waals surface area contributed by atoms with Crippen molar-refractivity contribution < 1.29 is 4.21 Å². The first-order valence-electron chi connectivity index (χ1n) is 5.42. The minimum atomic E-state index is -0.806. The largest absolute Gasteiger partial charge is 0.313 e. The first-order chi connectivity index (χ1) is 7.74. The van der Waals surface area contributed by atoms with E-state index in [-0.39, 0.29) is 0 Å². The minimum Gasteiger partial charge on any atom is -0.313 e. The van der Waals surface area contributed by atoms with E-state index in [2.05, 4.69) is 10.3 Å². The molecule has 6 heteroatoms. The predicted octanol–water partition coefficient (Wildman–Crippen LogP) is 2.19. The maximum atomic E-state index is 11.9. The Morgan fingerprint density at radius 3 is 3.12 bits per heavy atom. The third-order valence-corrected chi connectivity index (χ3v) is 5.33. The summed E-state index contributed by atoms with van der Waals surface area (Å²) in [6.07, 6.45) is 5.36. The lowest BCUT2D eigenvalue weighted by Gasteiger charge is -2.22. The van der Waals surface area contributed by atoms with Gasteiger partial charge < -0.3 is 5.32 Å². The summed E-state index contributed by atoms with van der Waals surface area (Å²) >= 11 is 7.15. The Hall–Kier alpha value is 0.0300. The van der Waals surface area contributed by atoms with Crippen LogP contribution in [0, 0.1) is 0 Å². The Labute approximate surface area is 107 Å². The molecule has 3 nitrogen and oxygen atoms in total. The minimum absolute atomic E-state index is 0.429. The first-order valence-corrected chi connectivity index (χ1v) is 8.11. The second kappa shape index (κ2) is 6.10. The fourth-order valence-corrected chi connectivity index (χ4v) is 4.50. The van der Waals surface area contributed by atoms with E-state index in [9.17, 15) is 4.21 Å². The van der Waals surface area contributed by atoms with E-state index < -0.39 is 10.8 Å². The van der Waals surface area contributed by atoms with Crippen molar-refractivity contribution in [3.63, 3.8) is 0 Å². The summed E-state index contributed by atoms with van der Waals surface area (Å²) in [4.78, 5) is 4.96. The van der Waals surface area contributed by atoms with Crippen molar-refractivity contribution in [2.45, 2.75) is 31.1 Å². The Morgan fingerprint density at radius 1 is 1.62 bits per heavy atom. The maximum Gasteiger partial charge on any atom is 0.183 e. The molecule has 1 fully saturated rings. The Balaban J connectivity index is 1.79. The van der Waals surface area contributed by atoms with Crippen molar-refractivity contribution in [3.8, 4) is 0 Å². The van der Waals surface area contributed by atoms with Crippen LogP contribution in [-0.4, -0.2) is 27.5 Å². The molecule has 0 amide bonds. The van der Waals surface area contributed by atoms with Crippen molar-refractivity contribution in [1.29, 1.82) is 0 Å². The summed E-state index contributed by atoms with van der Waals surface area (Å²) in [6.45, 7) is 1.06. The second-order valence-electron chi connectivity index (χ2n) is 3.98. The smallest absolute Gasteiger partial charge is 0.183 e. The monoisotopic (exact) mass is 278 g/mol. The van der Waals surface area contributed by atoms with Gasteiger partial charge in [-0.05, 0) is 19.4 Å². The molecule has 2 atom stereocenters. The summed E-state index contributed by atoms with van der Waals surface area (Å²) in [5, 5.41) is 3.41. The van der Waals surface area contributed by atoms with Gasteiger partial charge in [0.15, 0.2) is 4.47 Å². The Kier molecular flexibility index (Phi) is 4.76. The van der Waals surface area contributed by atoms with Crippen molar-refractivity contribution >= 4 is 33.7 Å². The average molecular weight is 279 g/mol. The maximum absolute atomic E-state index is 11.9. The Bertz CT molecular complexity index is 363. The number of halogens is 1. The molecule has 0 radical (unpaired) electrons. The molecule has 1 aliphatic rings. The highest BCUT2D eigenvalue weighted by Crippen LogP contribution is 2.19. The molecule has 1 saturated heterocycles. The summed E-state index contributed by atoms with van der Waals surface area (Å²) in [5.74, 6) is 1.33. The molecule has 1 aromatic rings. The molecule has 0 aromatic carbocycles. The van der Waals surface area contributed by atoms with E-state index in [0.717, 1.165) is 23.6 Å². The van der Waals surface area contributed by atoms with E-state index in [1.54, 1.807) is 6.20 Å². The number of thiazole rings is 1. The van der Waals surface area contributed by atoms with Crippen LogP contribution in [0.1, 0.15) is 24.1 Å². The lowest BCUT2D eigenvalue weighted by Crippen LogP contribution is -2.38. The van der Waals surface area contributed by atoms with E-state index in [0.29, 0.717) is 16.3 Å². The van der Waals surface area contributed by atoms with Crippen LogP contribution in [0.15, 0.2) is 6.20 Å². The van der Waals surface area contributed by atoms with Gasteiger partial charge >= 0.3 is 0 Å². The second-order valence-corrected chi connectivity index (χ2v) is 7.18.